The number of fused-ring (bicyclic) bond motifs is 1. The van der Waals surface area contributed by atoms with Crippen molar-refractivity contribution in [3.05, 3.63) is 23.0 Å². The second kappa shape index (κ2) is 4.51. The molecular formula is C12H18N4. The molecule has 0 saturated heterocycles. The maximum absolute atomic E-state index is 4.52. The number of rotatable bonds is 0. The van der Waals surface area contributed by atoms with E-state index in [1.807, 2.05) is 13.1 Å². The molecule has 4 nitrogen and oxygen atoms in total. The summed E-state index contributed by atoms with van der Waals surface area (Å²) in [5, 5.41) is 8.70. The predicted octanol–water partition coefficient (Wildman–Crippen LogP) is 1.96. The van der Waals surface area contributed by atoms with E-state index >= 15 is 0 Å². The minimum atomic E-state index is 0.890. The molecule has 0 unspecified atom stereocenters. The van der Waals surface area contributed by atoms with Gasteiger partial charge < -0.3 is 5.43 Å². The number of hydrazone groups is 1. The van der Waals surface area contributed by atoms with Gasteiger partial charge in [0.15, 0.2) is 0 Å². The van der Waals surface area contributed by atoms with Crippen molar-refractivity contribution < 1.29 is 0 Å². The molecule has 1 aliphatic heterocycles. The van der Waals surface area contributed by atoms with E-state index in [0.29, 0.717) is 0 Å². The lowest BCUT2D eigenvalue weighted by Crippen LogP contribution is -2.14. The van der Waals surface area contributed by atoms with Gasteiger partial charge >= 0.3 is 0 Å². The molecular weight excluding hydrogens is 200 g/mol. The van der Waals surface area contributed by atoms with Crippen molar-refractivity contribution in [2.75, 3.05) is 6.54 Å². The molecule has 0 aromatic carbocycles. The maximum Gasteiger partial charge on any atom is 0.0645 e. The number of hydrogen-bond donors (Lipinski definition) is 1. The van der Waals surface area contributed by atoms with Crippen LogP contribution in [0.3, 0.4) is 0 Å². The van der Waals surface area contributed by atoms with E-state index < -0.39 is 0 Å². The predicted molar refractivity (Wildman–Crippen MR) is 66.3 cm³/mol. The molecule has 0 spiro atoms. The molecule has 1 aromatic heterocycles. The highest BCUT2D eigenvalue weighted by molar-refractivity contribution is 5.89. The van der Waals surface area contributed by atoms with Gasteiger partial charge in [0.25, 0.3) is 0 Å². The third kappa shape index (κ3) is 2.15. The Bertz CT molecular complexity index is 440. The monoisotopic (exact) mass is 218 g/mol. The second-order valence-electron chi connectivity index (χ2n) is 4.22. The van der Waals surface area contributed by atoms with Gasteiger partial charge in [-0.3, -0.25) is 4.68 Å². The number of aromatic nitrogens is 2. The Morgan fingerprint density at radius 3 is 2.94 bits per heavy atom. The summed E-state index contributed by atoms with van der Waals surface area (Å²) >= 11 is 0. The second-order valence-corrected chi connectivity index (χ2v) is 4.22. The fourth-order valence-corrected chi connectivity index (χ4v) is 1.83. The summed E-state index contributed by atoms with van der Waals surface area (Å²) in [6.07, 6.45) is 2.92. The normalized spacial score (nSPS) is 16.9. The van der Waals surface area contributed by atoms with Crippen LogP contribution in [0.4, 0.5) is 0 Å². The van der Waals surface area contributed by atoms with Crippen LogP contribution in [-0.4, -0.2) is 22.5 Å². The largest absolute Gasteiger partial charge is 0.310 e. The Kier molecular flexibility index (Phi) is 3.08. The number of aryl methyl sites for hydroxylation is 2. The van der Waals surface area contributed by atoms with Gasteiger partial charge in [-0.2, -0.15) is 10.2 Å². The zero-order chi connectivity index (χ0) is 11.5. The molecule has 0 radical (unpaired) electrons. The van der Waals surface area contributed by atoms with Crippen LogP contribution in [0.15, 0.2) is 16.7 Å². The minimum absolute atomic E-state index is 0.890. The topological polar surface area (TPSA) is 42.2 Å². The molecule has 86 valence electrons. The average molecular weight is 218 g/mol. The molecule has 0 saturated carbocycles. The highest BCUT2D eigenvalue weighted by atomic mass is 15.3. The molecule has 4 heteroatoms. The summed E-state index contributed by atoms with van der Waals surface area (Å²) in [5.41, 5.74) is 7.74. The minimum Gasteiger partial charge on any atom is -0.310 e. The van der Waals surface area contributed by atoms with Crippen molar-refractivity contribution >= 4 is 11.8 Å². The van der Waals surface area contributed by atoms with Crippen LogP contribution in [0.5, 0.6) is 0 Å². The van der Waals surface area contributed by atoms with Crippen LogP contribution < -0.4 is 5.43 Å². The highest BCUT2D eigenvalue weighted by Gasteiger charge is 2.09. The van der Waals surface area contributed by atoms with Gasteiger partial charge in [0.05, 0.1) is 17.6 Å². The summed E-state index contributed by atoms with van der Waals surface area (Å²) in [5.74, 6) is 0. The number of nitrogens with one attached hydrogen (secondary N) is 1. The van der Waals surface area contributed by atoms with Gasteiger partial charge in [0, 0.05) is 13.1 Å². The summed E-state index contributed by atoms with van der Waals surface area (Å²) in [6.45, 7) is 8.07. The smallest absolute Gasteiger partial charge is 0.0645 e. The molecule has 2 rings (SSSR count). The molecule has 0 atom stereocenters. The lowest BCUT2D eigenvalue weighted by molar-refractivity contribution is 0.544. The number of nitrogens with zero attached hydrogens (tertiary/aromatic N) is 3. The molecule has 0 amide bonds. The fourth-order valence-electron chi connectivity index (χ4n) is 1.83. The van der Waals surface area contributed by atoms with E-state index in [0.717, 1.165) is 25.2 Å². The Morgan fingerprint density at radius 1 is 1.31 bits per heavy atom. The molecule has 1 N–H and O–H groups in total. The van der Waals surface area contributed by atoms with E-state index in [4.69, 9.17) is 0 Å². The van der Waals surface area contributed by atoms with Gasteiger partial charge in [0.2, 0.25) is 0 Å². The van der Waals surface area contributed by atoms with Crippen molar-refractivity contribution in [2.45, 2.75) is 33.7 Å². The number of allylic oxidation sites excluding steroid dienone is 2. The number of hydrogen-bond acceptors (Lipinski definition) is 3. The molecule has 0 aliphatic carbocycles. The first kappa shape index (κ1) is 10.9. The lowest BCUT2D eigenvalue weighted by Gasteiger charge is -2.11. The van der Waals surface area contributed by atoms with Gasteiger partial charge in [0.1, 0.15) is 0 Å². The van der Waals surface area contributed by atoms with Crippen molar-refractivity contribution in [3.8, 4) is 0 Å². The van der Waals surface area contributed by atoms with Crippen LogP contribution in [0.1, 0.15) is 31.7 Å². The van der Waals surface area contributed by atoms with Gasteiger partial charge in [-0.05, 0) is 44.4 Å². The summed E-state index contributed by atoms with van der Waals surface area (Å²) in [4.78, 5) is 0. The van der Waals surface area contributed by atoms with E-state index in [-0.39, 0.29) is 0 Å². The van der Waals surface area contributed by atoms with Crippen LogP contribution in [-0.2, 0) is 6.54 Å². The van der Waals surface area contributed by atoms with Gasteiger partial charge in [-0.15, -0.1) is 0 Å². The highest BCUT2D eigenvalue weighted by Crippen LogP contribution is 2.19. The van der Waals surface area contributed by atoms with Crippen LogP contribution in [0.2, 0.25) is 0 Å². The summed E-state index contributed by atoms with van der Waals surface area (Å²) < 4.78 is 2.09. The Labute approximate surface area is 96.0 Å². The standard InChI is InChI=1S/C12H18N4/c1-9-8-14-13-5-4-6-16-12(11(9)3)7-10(2)15-16/h7-8,13H,4-6H2,1-3H3. The molecule has 0 bridgehead atoms. The quantitative estimate of drug-likeness (QED) is 0.723. The lowest BCUT2D eigenvalue weighted by atomic mass is 10.1. The first-order valence-electron chi connectivity index (χ1n) is 5.66. The first-order chi connectivity index (χ1) is 7.68. The van der Waals surface area contributed by atoms with E-state index in [1.165, 1.54) is 16.8 Å². The fraction of sp³-hybridized carbons (Fsp3) is 0.500. The molecule has 1 aliphatic rings. The molecule has 1 aromatic rings. The average Bonchev–Trinajstić information content (AvgIpc) is 2.62. The van der Waals surface area contributed by atoms with Crippen molar-refractivity contribution in [2.24, 2.45) is 5.10 Å². The zero-order valence-corrected chi connectivity index (χ0v) is 10.1. The van der Waals surface area contributed by atoms with E-state index in [2.05, 4.69) is 40.2 Å². The molecule has 0 fully saturated rings. The van der Waals surface area contributed by atoms with E-state index in [1.54, 1.807) is 0 Å². The first-order valence-corrected chi connectivity index (χ1v) is 5.66. The van der Waals surface area contributed by atoms with Crippen molar-refractivity contribution in [1.29, 1.82) is 0 Å². The SMILES string of the molecule is CC1=C(C)c2cc(C)nn2CCCNN=C1. The van der Waals surface area contributed by atoms with Crippen molar-refractivity contribution in [1.82, 2.24) is 15.2 Å². The summed E-state index contributed by atoms with van der Waals surface area (Å²) in [7, 11) is 0. The zero-order valence-electron chi connectivity index (χ0n) is 10.1. The van der Waals surface area contributed by atoms with E-state index in [9.17, 15) is 0 Å². The van der Waals surface area contributed by atoms with Gasteiger partial charge in [-0.1, -0.05) is 0 Å². The third-order valence-electron chi connectivity index (χ3n) is 2.89. The maximum atomic E-state index is 4.52. The van der Waals surface area contributed by atoms with Gasteiger partial charge in [-0.25, -0.2) is 0 Å². The summed E-state index contributed by atoms with van der Waals surface area (Å²) in [6, 6.07) is 2.14. The molecule has 16 heavy (non-hydrogen) atoms. The Hall–Kier alpha value is -1.58. The Morgan fingerprint density at radius 2 is 2.12 bits per heavy atom. The third-order valence-corrected chi connectivity index (χ3v) is 2.89. The van der Waals surface area contributed by atoms with Crippen LogP contribution in [0.25, 0.3) is 5.57 Å². The van der Waals surface area contributed by atoms with Crippen LogP contribution >= 0.6 is 0 Å². The van der Waals surface area contributed by atoms with Crippen molar-refractivity contribution in [3.63, 3.8) is 0 Å². The Balaban J connectivity index is 2.48. The van der Waals surface area contributed by atoms with Crippen LogP contribution in [0, 0.1) is 6.92 Å². The molecule has 2 heterocycles.